The Hall–Kier alpha value is -1.55. The number of hydrogen-bond donors (Lipinski definition) is 2. The van der Waals surface area contributed by atoms with E-state index in [0.717, 1.165) is 52.4 Å². The van der Waals surface area contributed by atoms with Crippen LogP contribution in [-0.2, 0) is 6.54 Å². The van der Waals surface area contributed by atoms with Crippen molar-refractivity contribution in [3.05, 3.63) is 22.0 Å². The molecule has 0 bridgehead atoms. The molecule has 0 radical (unpaired) electrons. The zero-order chi connectivity index (χ0) is 17.8. The molecule has 0 unspecified atom stereocenters. The maximum atomic E-state index is 14.7. The first kappa shape index (κ1) is 18.2. The van der Waals surface area contributed by atoms with Gasteiger partial charge in [-0.25, -0.2) is 9.18 Å². The molecule has 8 nitrogen and oxygen atoms in total. The van der Waals surface area contributed by atoms with Crippen molar-refractivity contribution >= 4 is 5.82 Å². The van der Waals surface area contributed by atoms with Gasteiger partial charge in [-0.1, -0.05) is 0 Å². The van der Waals surface area contributed by atoms with Gasteiger partial charge in [0.2, 0.25) is 0 Å². The van der Waals surface area contributed by atoms with Crippen molar-refractivity contribution in [3.63, 3.8) is 0 Å². The molecule has 1 aromatic rings. The molecule has 0 spiro atoms. The number of nitrogens with one attached hydrogen (secondary N) is 2. The van der Waals surface area contributed by atoms with Gasteiger partial charge in [-0.3, -0.25) is 9.80 Å². The number of halogens is 1. The zero-order valence-electron chi connectivity index (χ0n) is 15.1. The van der Waals surface area contributed by atoms with E-state index in [4.69, 9.17) is 0 Å². The molecule has 25 heavy (non-hydrogen) atoms. The number of anilines is 1. The number of H-pyrrole nitrogens is 1. The lowest BCUT2D eigenvalue weighted by atomic mass is 10.3. The molecule has 2 N–H and O–H groups in total. The van der Waals surface area contributed by atoms with Crippen LogP contribution < -0.4 is 11.0 Å². The first-order chi connectivity index (χ1) is 12.0. The molecule has 0 amide bonds. The molecule has 0 aliphatic carbocycles. The van der Waals surface area contributed by atoms with Crippen molar-refractivity contribution in [3.8, 4) is 0 Å². The third-order valence-electron chi connectivity index (χ3n) is 4.99. The summed E-state index contributed by atoms with van der Waals surface area (Å²) in [7, 11) is 4.17. The summed E-state index contributed by atoms with van der Waals surface area (Å²) in [4.78, 5) is 27.0. The van der Waals surface area contributed by atoms with Gasteiger partial charge < -0.3 is 20.1 Å². The minimum absolute atomic E-state index is 0.0480. The average molecular weight is 353 g/mol. The monoisotopic (exact) mass is 353 g/mol. The number of aromatic amines is 1. The maximum Gasteiger partial charge on any atom is 0.347 e. The number of rotatable bonds is 5. The molecule has 3 heterocycles. The normalized spacial score (nSPS) is 21.6. The highest BCUT2D eigenvalue weighted by Gasteiger charge is 2.19. The quantitative estimate of drug-likeness (QED) is 0.723. The molecule has 0 atom stereocenters. The van der Waals surface area contributed by atoms with E-state index in [2.05, 4.69) is 49.0 Å². The molecule has 2 aliphatic heterocycles. The second-order valence-corrected chi connectivity index (χ2v) is 7.02. The van der Waals surface area contributed by atoms with Gasteiger partial charge >= 0.3 is 5.69 Å². The average Bonchev–Trinajstić information content (AvgIpc) is 2.60. The largest absolute Gasteiger partial charge is 0.355 e. The lowest BCUT2D eigenvalue weighted by molar-refractivity contribution is 0.145. The van der Waals surface area contributed by atoms with Crippen LogP contribution in [0.5, 0.6) is 0 Å². The van der Waals surface area contributed by atoms with Crippen molar-refractivity contribution in [1.29, 1.82) is 0 Å². The highest BCUT2D eigenvalue weighted by atomic mass is 19.1. The zero-order valence-corrected chi connectivity index (χ0v) is 15.1. The molecule has 140 valence electrons. The van der Waals surface area contributed by atoms with Crippen LogP contribution >= 0.6 is 0 Å². The van der Waals surface area contributed by atoms with Gasteiger partial charge in [0.05, 0.1) is 12.4 Å². The van der Waals surface area contributed by atoms with Crippen LogP contribution in [0.4, 0.5) is 10.2 Å². The predicted octanol–water partition coefficient (Wildman–Crippen LogP) is -0.727. The number of nitrogens with zero attached hydrogens (tertiary/aromatic N) is 5. The summed E-state index contributed by atoms with van der Waals surface area (Å²) in [5.74, 6) is -0.403. The van der Waals surface area contributed by atoms with Crippen LogP contribution in [-0.4, -0.2) is 103 Å². The lowest BCUT2D eigenvalue weighted by Crippen LogP contribution is -2.46. The van der Waals surface area contributed by atoms with E-state index in [1.165, 1.54) is 0 Å². The van der Waals surface area contributed by atoms with Crippen LogP contribution in [0.25, 0.3) is 0 Å². The van der Waals surface area contributed by atoms with E-state index in [1.54, 1.807) is 0 Å². The molecular weight excluding hydrogens is 325 g/mol. The Morgan fingerprint density at radius 3 is 2.16 bits per heavy atom. The summed E-state index contributed by atoms with van der Waals surface area (Å²) in [5.41, 5.74) is -0.197. The number of piperazine rings is 2. The standard InChI is InChI=1S/C16H28FN7O/c1-21-3-7-23(8-4-21)11-13-14(17)15(20-16(25)19-13)18-12-24-9-5-22(2)6-10-24/h3-12H2,1-2H3,(H2,18,19,20,25). The maximum absolute atomic E-state index is 14.7. The second-order valence-electron chi connectivity index (χ2n) is 7.02. The minimum atomic E-state index is -0.508. The summed E-state index contributed by atoms with van der Waals surface area (Å²) >= 11 is 0. The topological polar surface area (TPSA) is 70.7 Å². The fraction of sp³-hybridized carbons (Fsp3) is 0.750. The predicted molar refractivity (Wildman–Crippen MR) is 95.1 cm³/mol. The van der Waals surface area contributed by atoms with Crippen LogP contribution in [0.3, 0.4) is 0 Å². The second kappa shape index (κ2) is 8.22. The van der Waals surface area contributed by atoms with E-state index in [9.17, 15) is 9.18 Å². The fourth-order valence-corrected chi connectivity index (χ4v) is 3.15. The van der Waals surface area contributed by atoms with E-state index in [1.807, 2.05) is 0 Å². The van der Waals surface area contributed by atoms with Crippen molar-refractivity contribution < 1.29 is 4.39 Å². The van der Waals surface area contributed by atoms with E-state index < -0.39 is 11.5 Å². The van der Waals surface area contributed by atoms with Crippen LogP contribution in [0, 0.1) is 5.82 Å². The van der Waals surface area contributed by atoms with E-state index in [-0.39, 0.29) is 5.82 Å². The smallest absolute Gasteiger partial charge is 0.347 e. The molecule has 0 aromatic carbocycles. The highest BCUT2D eigenvalue weighted by Crippen LogP contribution is 2.14. The van der Waals surface area contributed by atoms with Gasteiger partial charge in [-0.05, 0) is 14.1 Å². The van der Waals surface area contributed by atoms with Gasteiger partial charge in [-0.15, -0.1) is 0 Å². The van der Waals surface area contributed by atoms with Crippen LogP contribution in [0.1, 0.15) is 5.69 Å². The van der Waals surface area contributed by atoms with Gasteiger partial charge in [0.1, 0.15) is 0 Å². The molecule has 2 saturated heterocycles. The van der Waals surface area contributed by atoms with E-state index >= 15 is 0 Å². The van der Waals surface area contributed by atoms with Gasteiger partial charge in [0, 0.05) is 58.9 Å². The molecule has 2 aliphatic rings. The minimum Gasteiger partial charge on any atom is -0.355 e. The third-order valence-corrected chi connectivity index (χ3v) is 4.99. The van der Waals surface area contributed by atoms with Crippen LogP contribution in [0.2, 0.25) is 0 Å². The Morgan fingerprint density at radius 2 is 1.56 bits per heavy atom. The molecule has 1 aromatic heterocycles. The highest BCUT2D eigenvalue weighted by molar-refractivity contribution is 5.37. The molecule has 2 fully saturated rings. The lowest BCUT2D eigenvalue weighted by Gasteiger charge is -2.33. The van der Waals surface area contributed by atoms with Crippen molar-refractivity contribution in [2.75, 3.05) is 78.4 Å². The number of likely N-dealkylation sites (N-methyl/N-ethyl adjacent to an activating group) is 2. The summed E-state index contributed by atoms with van der Waals surface area (Å²) in [5, 5.41) is 3.00. The Bertz CT molecular complexity index is 621. The number of hydrogen-bond acceptors (Lipinski definition) is 7. The fourth-order valence-electron chi connectivity index (χ4n) is 3.15. The van der Waals surface area contributed by atoms with Crippen molar-refractivity contribution in [2.45, 2.75) is 6.54 Å². The molecule has 0 saturated carbocycles. The third kappa shape index (κ3) is 4.97. The Morgan fingerprint density at radius 1 is 1.00 bits per heavy atom. The van der Waals surface area contributed by atoms with E-state index in [0.29, 0.717) is 18.9 Å². The summed E-state index contributed by atoms with van der Waals surface area (Å²) in [6.45, 7) is 8.34. The summed E-state index contributed by atoms with van der Waals surface area (Å²) < 4.78 is 14.7. The van der Waals surface area contributed by atoms with Gasteiger partial charge in [0.15, 0.2) is 11.6 Å². The van der Waals surface area contributed by atoms with Gasteiger partial charge in [0.25, 0.3) is 0 Å². The Kier molecular flexibility index (Phi) is 6.00. The number of aromatic nitrogens is 2. The Balaban J connectivity index is 1.62. The molecular formula is C16H28FN7O. The molecule has 3 rings (SSSR count). The summed E-state index contributed by atoms with van der Waals surface area (Å²) in [6.07, 6.45) is 0. The SMILES string of the molecule is CN1CCN(CNc2nc(=O)[nH]c(CN3CCN(C)CC3)c2F)CC1. The molecule has 9 heteroatoms. The Labute approximate surface area is 147 Å². The first-order valence-corrected chi connectivity index (χ1v) is 8.85. The van der Waals surface area contributed by atoms with Crippen molar-refractivity contribution in [1.82, 2.24) is 29.6 Å². The van der Waals surface area contributed by atoms with Gasteiger partial charge in [-0.2, -0.15) is 4.98 Å². The van der Waals surface area contributed by atoms with Crippen LogP contribution in [0.15, 0.2) is 4.79 Å². The van der Waals surface area contributed by atoms with Crippen molar-refractivity contribution in [2.24, 2.45) is 0 Å². The summed E-state index contributed by atoms with van der Waals surface area (Å²) in [6, 6.07) is 0. The first-order valence-electron chi connectivity index (χ1n) is 8.85.